The molecule has 0 unspecified atom stereocenters. The zero-order valence-corrected chi connectivity index (χ0v) is 16.3. The number of benzene rings is 2. The highest BCUT2D eigenvalue weighted by molar-refractivity contribution is 5.92. The van der Waals surface area contributed by atoms with E-state index in [1.165, 1.54) is 0 Å². The lowest BCUT2D eigenvalue weighted by atomic mass is 10.1. The first-order valence-electron chi connectivity index (χ1n) is 9.14. The normalized spacial score (nSPS) is 10.4. The highest BCUT2D eigenvalue weighted by Gasteiger charge is 2.08. The molecule has 28 heavy (non-hydrogen) atoms. The fourth-order valence-corrected chi connectivity index (χ4v) is 2.77. The number of hydrogen-bond donors (Lipinski definition) is 2. The van der Waals surface area contributed by atoms with Gasteiger partial charge in [-0.1, -0.05) is 24.3 Å². The summed E-state index contributed by atoms with van der Waals surface area (Å²) in [4.78, 5) is 12.3. The average molecular weight is 376 g/mol. The largest absolute Gasteiger partial charge is 0.497 e. The highest BCUT2D eigenvalue weighted by Crippen LogP contribution is 2.20. The van der Waals surface area contributed by atoms with Crippen molar-refractivity contribution in [1.82, 2.24) is 15.5 Å². The first kappa shape index (κ1) is 19.4. The van der Waals surface area contributed by atoms with Crippen LogP contribution >= 0.6 is 0 Å². The van der Waals surface area contributed by atoms with E-state index in [2.05, 4.69) is 39.0 Å². The van der Waals surface area contributed by atoms with E-state index in [4.69, 9.17) is 4.74 Å². The summed E-state index contributed by atoms with van der Waals surface area (Å²) in [5, 5.41) is 14.3. The van der Waals surface area contributed by atoms with Crippen molar-refractivity contribution >= 4 is 17.4 Å². The third kappa shape index (κ3) is 5.07. The van der Waals surface area contributed by atoms with E-state index in [0.29, 0.717) is 18.8 Å². The number of aryl methyl sites for hydroxylation is 2. The SMILES string of the molecule is COc1cccc(CCNC(=O)c2ccc(Nc3cc(C)ccc3C)nn2)c1. The number of hydrogen-bond acceptors (Lipinski definition) is 5. The minimum atomic E-state index is -0.242. The smallest absolute Gasteiger partial charge is 0.271 e. The van der Waals surface area contributed by atoms with E-state index in [-0.39, 0.29) is 11.6 Å². The Bertz CT molecular complexity index is 955. The number of nitrogens with zero attached hydrogens (tertiary/aromatic N) is 2. The highest BCUT2D eigenvalue weighted by atomic mass is 16.5. The van der Waals surface area contributed by atoms with Crippen LogP contribution in [0.2, 0.25) is 0 Å². The summed E-state index contributed by atoms with van der Waals surface area (Å²) in [7, 11) is 1.64. The lowest BCUT2D eigenvalue weighted by Gasteiger charge is -2.10. The third-order valence-electron chi connectivity index (χ3n) is 4.39. The van der Waals surface area contributed by atoms with Gasteiger partial charge in [0, 0.05) is 12.2 Å². The van der Waals surface area contributed by atoms with Gasteiger partial charge >= 0.3 is 0 Å². The molecule has 2 aromatic carbocycles. The van der Waals surface area contributed by atoms with Crippen LogP contribution in [0.25, 0.3) is 0 Å². The molecule has 1 heterocycles. The standard InChI is InChI=1S/C22H24N4O2/c1-15-7-8-16(2)20(13-15)24-21-10-9-19(25-26-21)22(27)23-12-11-17-5-4-6-18(14-17)28-3/h4-10,13-14H,11-12H2,1-3H3,(H,23,27)(H,24,26). The first-order chi connectivity index (χ1) is 13.5. The van der Waals surface area contributed by atoms with Gasteiger partial charge in [-0.25, -0.2) is 0 Å². The summed E-state index contributed by atoms with van der Waals surface area (Å²) >= 11 is 0. The van der Waals surface area contributed by atoms with E-state index < -0.39 is 0 Å². The zero-order chi connectivity index (χ0) is 19.9. The van der Waals surface area contributed by atoms with Crippen LogP contribution in [0.3, 0.4) is 0 Å². The predicted molar refractivity (Wildman–Crippen MR) is 110 cm³/mol. The van der Waals surface area contributed by atoms with Crippen LogP contribution in [0, 0.1) is 13.8 Å². The second-order valence-electron chi connectivity index (χ2n) is 6.60. The minimum Gasteiger partial charge on any atom is -0.497 e. The molecule has 0 bridgehead atoms. The number of nitrogens with one attached hydrogen (secondary N) is 2. The van der Waals surface area contributed by atoms with Crippen LogP contribution in [0.5, 0.6) is 5.75 Å². The molecule has 6 nitrogen and oxygen atoms in total. The number of ether oxygens (including phenoxy) is 1. The van der Waals surface area contributed by atoms with Crippen LogP contribution in [0.1, 0.15) is 27.2 Å². The molecule has 3 rings (SSSR count). The number of anilines is 2. The van der Waals surface area contributed by atoms with E-state index in [1.807, 2.05) is 38.1 Å². The van der Waals surface area contributed by atoms with Gasteiger partial charge in [0.15, 0.2) is 11.5 Å². The molecular weight excluding hydrogens is 352 g/mol. The third-order valence-corrected chi connectivity index (χ3v) is 4.39. The Morgan fingerprint density at radius 1 is 1.04 bits per heavy atom. The molecule has 0 saturated heterocycles. The van der Waals surface area contributed by atoms with Gasteiger partial charge in [-0.05, 0) is 67.3 Å². The summed E-state index contributed by atoms with van der Waals surface area (Å²) < 4.78 is 5.21. The summed E-state index contributed by atoms with van der Waals surface area (Å²) in [5.41, 5.74) is 4.64. The number of carbonyl (C=O) groups excluding carboxylic acids is 1. The summed E-state index contributed by atoms with van der Waals surface area (Å²) in [5.74, 6) is 1.16. The van der Waals surface area contributed by atoms with Crippen molar-refractivity contribution in [3.8, 4) is 5.75 Å². The molecular formula is C22H24N4O2. The van der Waals surface area contributed by atoms with Gasteiger partial charge in [0.1, 0.15) is 5.75 Å². The molecule has 1 amide bonds. The quantitative estimate of drug-likeness (QED) is 0.656. The van der Waals surface area contributed by atoms with Crippen LogP contribution < -0.4 is 15.4 Å². The lowest BCUT2D eigenvalue weighted by molar-refractivity contribution is 0.0948. The average Bonchev–Trinajstić information content (AvgIpc) is 2.71. The van der Waals surface area contributed by atoms with Crippen molar-refractivity contribution in [1.29, 1.82) is 0 Å². The molecule has 0 saturated carbocycles. The molecule has 2 N–H and O–H groups in total. The van der Waals surface area contributed by atoms with Gasteiger partial charge < -0.3 is 15.4 Å². The van der Waals surface area contributed by atoms with E-state index in [0.717, 1.165) is 28.1 Å². The van der Waals surface area contributed by atoms with Crippen molar-refractivity contribution in [2.75, 3.05) is 19.0 Å². The Hall–Kier alpha value is -3.41. The first-order valence-corrected chi connectivity index (χ1v) is 9.14. The molecule has 0 atom stereocenters. The van der Waals surface area contributed by atoms with Gasteiger partial charge in [-0.3, -0.25) is 4.79 Å². The number of rotatable bonds is 7. The molecule has 0 spiro atoms. The second kappa shape index (κ2) is 8.99. The minimum absolute atomic E-state index is 0.242. The summed E-state index contributed by atoms with van der Waals surface area (Å²) in [6.45, 7) is 4.57. The maximum Gasteiger partial charge on any atom is 0.271 e. The lowest BCUT2D eigenvalue weighted by Crippen LogP contribution is -2.26. The Balaban J connectivity index is 1.55. The van der Waals surface area contributed by atoms with Crippen LogP contribution in [0.4, 0.5) is 11.5 Å². The van der Waals surface area contributed by atoms with Crippen molar-refractivity contribution < 1.29 is 9.53 Å². The number of carbonyl (C=O) groups is 1. The molecule has 144 valence electrons. The number of methoxy groups -OCH3 is 1. The molecule has 0 aliphatic heterocycles. The van der Waals surface area contributed by atoms with Gasteiger partial charge in [0.2, 0.25) is 0 Å². The van der Waals surface area contributed by atoms with E-state index in [1.54, 1.807) is 19.2 Å². The number of amides is 1. The monoisotopic (exact) mass is 376 g/mol. The molecule has 1 aromatic heterocycles. The zero-order valence-electron chi connectivity index (χ0n) is 16.3. The molecule has 0 fully saturated rings. The maximum absolute atomic E-state index is 12.3. The Morgan fingerprint density at radius 2 is 1.89 bits per heavy atom. The van der Waals surface area contributed by atoms with E-state index >= 15 is 0 Å². The molecule has 3 aromatic rings. The van der Waals surface area contributed by atoms with Gasteiger partial charge in [0.25, 0.3) is 5.91 Å². The van der Waals surface area contributed by atoms with Crippen molar-refractivity contribution in [2.24, 2.45) is 0 Å². The fourth-order valence-electron chi connectivity index (χ4n) is 2.77. The van der Waals surface area contributed by atoms with Crippen LogP contribution in [-0.2, 0) is 6.42 Å². The Morgan fingerprint density at radius 3 is 2.64 bits per heavy atom. The maximum atomic E-state index is 12.3. The summed E-state index contributed by atoms with van der Waals surface area (Å²) in [6, 6.07) is 17.4. The molecule has 6 heteroatoms. The van der Waals surface area contributed by atoms with Gasteiger partial charge in [-0.2, -0.15) is 0 Å². The Kier molecular flexibility index (Phi) is 6.22. The number of aromatic nitrogens is 2. The molecule has 0 radical (unpaired) electrons. The van der Waals surface area contributed by atoms with Gasteiger partial charge in [-0.15, -0.1) is 10.2 Å². The van der Waals surface area contributed by atoms with E-state index in [9.17, 15) is 4.79 Å². The summed E-state index contributed by atoms with van der Waals surface area (Å²) in [6.07, 6.45) is 0.711. The van der Waals surface area contributed by atoms with Crippen molar-refractivity contribution in [3.05, 3.63) is 77.0 Å². The predicted octanol–water partition coefficient (Wildman–Crippen LogP) is 3.82. The molecule has 0 aliphatic carbocycles. The van der Waals surface area contributed by atoms with Crippen molar-refractivity contribution in [2.45, 2.75) is 20.3 Å². The van der Waals surface area contributed by atoms with Gasteiger partial charge in [0.05, 0.1) is 7.11 Å². The Labute approximate surface area is 165 Å². The van der Waals surface area contributed by atoms with Crippen LogP contribution in [0.15, 0.2) is 54.6 Å². The fraction of sp³-hybridized carbons (Fsp3) is 0.227. The topological polar surface area (TPSA) is 76.1 Å². The van der Waals surface area contributed by atoms with Crippen LogP contribution in [-0.4, -0.2) is 29.8 Å². The molecule has 0 aliphatic rings. The second-order valence-corrected chi connectivity index (χ2v) is 6.60. The van der Waals surface area contributed by atoms with Crippen molar-refractivity contribution in [3.63, 3.8) is 0 Å².